The fraction of sp³-hybridized carbons (Fsp3) is 0.111. The van der Waals surface area contributed by atoms with Crippen LogP contribution in [0.25, 0.3) is 11.0 Å². The van der Waals surface area contributed by atoms with E-state index in [1.807, 2.05) is 6.92 Å². The van der Waals surface area contributed by atoms with Gasteiger partial charge in [0.05, 0.1) is 17.3 Å². The molecule has 3 aromatic heterocycles. The van der Waals surface area contributed by atoms with Gasteiger partial charge in [-0.3, -0.25) is 10.5 Å². The Hall–Kier alpha value is -2.13. The topological polar surface area (TPSA) is 119 Å². The van der Waals surface area contributed by atoms with Crippen LogP contribution in [0, 0.1) is 6.92 Å². The average Bonchev–Trinajstić information content (AvgIpc) is 2.98. The van der Waals surface area contributed by atoms with Crippen molar-refractivity contribution in [3.05, 3.63) is 18.2 Å². The Morgan fingerprint density at radius 2 is 2.28 bits per heavy atom. The van der Waals surface area contributed by atoms with Crippen molar-refractivity contribution in [2.45, 2.75) is 17.2 Å². The van der Waals surface area contributed by atoms with Crippen LogP contribution < -0.4 is 11.3 Å². The second kappa shape index (κ2) is 4.27. The van der Waals surface area contributed by atoms with E-state index in [9.17, 15) is 0 Å². The van der Waals surface area contributed by atoms with Crippen molar-refractivity contribution in [1.82, 2.24) is 25.1 Å². The highest BCUT2D eigenvalue weighted by atomic mass is 32.2. The number of aromatic amines is 1. The number of nitrogen functional groups attached to an aromatic ring is 1. The van der Waals surface area contributed by atoms with Gasteiger partial charge in [0.15, 0.2) is 5.65 Å². The number of nitrogens with two attached hydrogens (primary N) is 1. The lowest BCUT2D eigenvalue weighted by atomic mass is 10.4. The summed E-state index contributed by atoms with van der Waals surface area (Å²) >= 11 is 1.29. The summed E-state index contributed by atoms with van der Waals surface area (Å²) in [6, 6.07) is 0. The van der Waals surface area contributed by atoms with Crippen molar-refractivity contribution >= 4 is 28.7 Å². The SMILES string of the molecule is Cc1coc(Sc2nc(NN)nc3[nH]ncc23)n1. The van der Waals surface area contributed by atoms with E-state index in [0.29, 0.717) is 21.8 Å². The fourth-order valence-electron chi connectivity index (χ4n) is 1.41. The Labute approximate surface area is 105 Å². The van der Waals surface area contributed by atoms with Crippen LogP contribution >= 0.6 is 11.8 Å². The van der Waals surface area contributed by atoms with Gasteiger partial charge < -0.3 is 4.42 Å². The summed E-state index contributed by atoms with van der Waals surface area (Å²) in [5.41, 5.74) is 3.82. The normalized spacial score (nSPS) is 11.0. The molecule has 3 heterocycles. The summed E-state index contributed by atoms with van der Waals surface area (Å²) < 4.78 is 5.28. The highest BCUT2D eigenvalue weighted by molar-refractivity contribution is 7.99. The number of oxazole rings is 1. The number of hydrogen-bond donors (Lipinski definition) is 3. The van der Waals surface area contributed by atoms with E-state index in [1.165, 1.54) is 11.8 Å². The Kier molecular flexibility index (Phi) is 2.61. The summed E-state index contributed by atoms with van der Waals surface area (Å²) in [6.45, 7) is 1.86. The molecule has 0 fully saturated rings. The van der Waals surface area contributed by atoms with E-state index in [0.717, 1.165) is 11.1 Å². The zero-order valence-electron chi connectivity index (χ0n) is 9.34. The number of rotatable bonds is 3. The molecule has 0 aliphatic rings. The highest BCUT2D eigenvalue weighted by Gasteiger charge is 2.13. The maximum absolute atomic E-state index is 5.32. The standard InChI is InChI=1S/C9H9N7OS/c1-4-3-17-9(12-4)18-7-5-2-11-16-6(5)13-8(14-7)15-10/h2-3H,10H2,1H3,(H2,11,13,14,15,16). The zero-order chi connectivity index (χ0) is 12.5. The van der Waals surface area contributed by atoms with Crippen LogP contribution in [0.1, 0.15) is 5.69 Å². The first-order valence-corrected chi connectivity index (χ1v) is 5.85. The summed E-state index contributed by atoms with van der Waals surface area (Å²) in [5, 5.41) is 8.66. The highest BCUT2D eigenvalue weighted by Crippen LogP contribution is 2.30. The minimum absolute atomic E-state index is 0.303. The van der Waals surface area contributed by atoms with Gasteiger partial charge in [0.1, 0.15) is 11.3 Å². The molecule has 0 bridgehead atoms. The van der Waals surface area contributed by atoms with E-state index in [-0.39, 0.29) is 0 Å². The minimum Gasteiger partial charge on any atom is -0.439 e. The van der Waals surface area contributed by atoms with Gasteiger partial charge >= 0.3 is 0 Å². The molecule has 0 atom stereocenters. The maximum Gasteiger partial charge on any atom is 0.262 e. The third-order valence-corrected chi connectivity index (χ3v) is 3.05. The van der Waals surface area contributed by atoms with Crippen LogP contribution in [-0.2, 0) is 0 Å². The van der Waals surface area contributed by atoms with Crippen LogP contribution in [-0.4, -0.2) is 25.1 Å². The second-order valence-corrected chi connectivity index (χ2v) is 4.43. The molecular formula is C9H9N7OS. The lowest BCUT2D eigenvalue weighted by Gasteiger charge is -2.01. The molecule has 92 valence electrons. The molecule has 0 amide bonds. The molecule has 9 heteroatoms. The van der Waals surface area contributed by atoms with Crippen molar-refractivity contribution < 1.29 is 4.42 Å². The van der Waals surface area contributed by atoms with Crippen LogP contribution in [0.4, 0.5) is 5.95 Å². The van der Waals surface area contributed by atoms with Crippen LogP contribution in [0.5, 0.6) is 0 Å². The Morgan fingerprint density at radius 1 is 1.39 bits per heavy atom. The van der Waals surface area contributed by atoms with Gasteiger partial charge in [-0.2, -0.15) is 10.1 Å². The number of hydrogen-bond acceptors (Lipinski definition) is 8. The number of H-pyrrole nitrogens is 1. The Balaban J connectivity index is 2.06. The lowest BCUT2D eigenvalue weighted by molar-refractivity contribution is 0.454. The van der Waals surface area contributed by atoms with Gasteiger partial charge in [0.25, 0.3) is 5.22 Å². The summed E-state index contributed by atoms with van der Waals surface area (Å²) in [4.78, 5) is 12.6. The molecule has 0 radical (unpaired) electrons. The van der Waals surface area contributed by atoms with Gasteiger partial charge in [-0.15, -0.1) is 0 Å². The molecular weight excluding hydrogens is 254 g/mol. The molecule has 0 saturated heterocycles. The molecule has 0 aliphatic heterocycles. The molecule has 3 rings (SSSR count). The van der Waals surface area contributed by atoms with Gasteiger partial charge in [-0.05, 0) is 18.7 Å². The predicted octanol–water partition coefficient (Wildman–Crippen LogP) is 1.09. The lowest BCUT2D eigenvalue weighted by Crippen LogP contribution is -2.10. The van der Waals surface area contributed by atoms with Crippen molar-refractivity contribution in [2.75, 3.05) is 5.43 Å². The molecule has 8 nitrogen and oxygen atoms in total. The maximum atomic E-state index is 5.32. The first-order valence-electron chi connectivity index (χ1n) is 5.04. The van der Waals surface area contributed by atoms with E-state index in [4.69, 9.17) is 10.3 Å². The van der Waals surface area contributed by atoms with Crippen molar-refractivity contribution in [1.29, 1.82) is 0 Å². The smallest absolute Gasteiger partial charge is 0.262 e. The summed E-state index contributed by atoms with van der Waals surface area (Å²) in [7, 11) is 0. The van der Waals surface area contributed by atoms with E-state index in [1.54, 1.807) is 12.5 Å². The van der Waals surface area contributed by atoms with Gasteiger partial charge in [-0.1, -0.05) is 0 Å². The van der Waals surface area contributed by atoms with Crippen LogP contribution in [0.15, 0.2) is 27.1 Å². The molecule has 0 spiro atoms. The molecule has 0 aliphatic carbocycles. The van der Waals surface area contributed by atoms with Gasteiger partial charge in [0.2, 0.25) is 5.95 Å². The first kappa shape index (κ1) is 11.0. The average molecular weight is 263 g/mol. The van der Waals surface area contributed by atoms with Gasteiger partial charge in [-0.25, -0.2) is 15.8 Å². The summed E-state index contributed by atoms with van der Waals surface area (Å²) in [5.74, 6) is 5.62. The van der Waals surface area contributed by atoms with Crippen molar-refractivity contribution in [3.8, 4) is 0 Å². The molecule has 3 aromatic rings. The number of hydrazine groups is 1. The molecule has 0 saturated carbocycles. The third-order valence-electron chi connectivity index (χ3n) is 2.19. The van der Waals surface area contributed by atoms with E-state index >= 15 is 0 Å². The minimum atomic E-state index is 0.303. The van der Waals surface area contributed by atoms with E-state index in [2.05, 4.69) is 30.6 Å². The van der Waals surface area contributed by atoms with Crippen molar-refractivity contribution in [2.24, 2.45) is 5.84 Å². The molecule has 4 N–H and O–H groups in total. The number of aromatic nitrogens is 5. The van der Waals surface area contributed by atoms with Crippen molar-refractivity contribution in [3.63, 3.8) is 0 Å². The predicted molar refractivity (Wildman–Crippen MR) is 64.9 cm³/mol. The quantitative estimate of drug-likeness (QED) is 0.365. The van der Waals surface area contributed by atoms with E-state index < -0.39 is 0 Å². The number of nitrogens with one attached hydrogen (secondary N) is 2. The fourth-order valence-corrected chi connectivity index (χ4v) is 2.26. The van der Waals surface area contributed by atoms with Crippen LogP contribution in [0.2, 0.25) is 0 Å². The number of fused-ring (bicyclic) bond motifs is 1. The Morgan fingerprint density at radius 3 is 3.00 bits per heavy atom. The number of nitrogens with zero attached hydrogens (tertiary/aromatic N) is 4. The van der Waals surface area contributed by atoms with Gasteiger partial charge in [0, 0.05) is 0 Å². The third kappa shape index (κ3) is 1.89. The largest absolute Gasteiger partial charge is 0.439 e. The zero-order valence-corrected chi connectivity index (χ0v) is 10.2. The molecule has 0 unspecified atom stereocenters. The first-order chi connectivity index (χ1) is 8.76. The molecule has 18 heavy (non-hydrogen) atoms. The summed E-state index contributed by atoms with van der Waals surface area (Å²) in [6.07, 6.45) is 3.23. The second-order valence-electron chi connectivity index (χ2n) is 3.49. The number of aryl methyl sites for hydroxylation is 1. The molecule has 0 aromatic carbocycles. The monoisotopic (exact) mass is 263 g/mol. The number of anilines is 1. The van der Waals surface area contributed by atoms with Crippen LogP contribution in [0.3, 0.4) is 0 Å². The Bertz CT molecular complexity index is 691.